The lowest BCUT2D eigenvalue weighted by atomic mass is 9.86. The minimum Gasteiger partial charge on any atom is -0.483 e. The summed E-state index contributed by atoms with van der Waals surface area (Å²) in [5.41, 5.74) is 3.84. The maximum Gasteiger partial charge on any atom is 0.277 e. The number of hydrazone groups is 1. The molecule has 160 valence electrons. The summed E-state index contributed by atoms with van der Waals surface area (Å²) in [7, 11) is 0. The number of hydrogen-bond acceptors (Lipinski definition) is 6. The average Bonchev–Trinajstić information content (AvgIpc) is 3.21. The van der Waals surface area contributed by atoms with Crippen molar-refractivity contribution in [3.8, 4) is 17.1 Å². The molecule has 2 aromatic carbocycles. The Labute approximate surface area is 179 Å². The molecule has 1 heterocycles. The molecule has 0 radical (unpaired) electrons. The zero-order valence-electron chi connectivity index (χ0n) is 17.5. The fourth-order valence-corrected chi connectivity index (χ4v) is 2.91. The molecule has 1 aromatic heterocycles. The summed E-state index contributed by atoms with van der Waals surface area (Å²) in [4.78, 5) is 22.5. The Morgan fingerprint density at radius 1 is 1.16 bits per heavy atom. The number of carbonyl (C=O) groups is 1. The number of nitrogens with zero attached hydrogens (tertiary/aromatic N) is 2. The molecule has 31 heavy (non-hydrogen) atoms. The van der Waals surface area contributed by atoms with Crippen LogP contribution in [0.4, 0.5) is 5.69 Å². The topological polar surface area (TPSA) is 107 Å². The molecule has 0 fully saturated rings. The van der Waals surface area contributed by atoms with Crippen LogP contribution in [0.25, 0.3) is 11.3 Å². The van der Waals surface area contributed by atoms with Crippen molar-refractivity contribution in [2.45, 2.75) is 26.2 Å². The van der Waals surface area contributed by atoms with E-state index < -0.39 is 10.8 Å². The van der Waals surface area contributed by atoms with E-state index in [4.69, 9.17) is 9.15 Å². The number of nitro benzene ring substituents is 1. The first kappa shape index (κ1) is 21.8. The summed E-state index contributed by atoms with van der Waals surface area (Å²) in [5, 5.41) is 14.8. The monoisotopic (exact) mass is 421 g/mol. The van der Waals surface area contributed by atoms with E-state index in [0.717, 1.165) is 5.56 Å². The van der Waals surface area contributed by atoms with Crippen molar-refractivity contribution in [2.24, 2.45) is 5.10 Å². The van der Waals surface area contributed by atoms with Crippen molar-refractivity contribution in [1.29, 1.82) is 0 Å². The first-order chi connectivity index (χ1) is 14.7. The largest absolute Gasteiger partial charge is 0.483 e. The molecule has 0 bridgehead atoms. The van der Waals surface area contributed by atoms with E-state index in [1.807, 2.05) is 24.3 Å². The summed E-state index contributed by atoms with van der Waals surface area (Å²) in [6.45, 7) is 6.04. The Morgan fingerprint density at radius 2 is 1.94 bits per heavy atom. The van der Waals surface area contributed by atoms with Gasteiger partial charge in [0.25, 0.3) is 11.6 Å². The van der Waals surface area contributed by atoms with Gasteiger partial charge < -0.3 is 9.15 Å². The number of amides is 1. The predicted molar refractivity (Wildman–Crippen MR) is 117 cm³/mol. The lowest BCUT2D eigenvalue weighted by molar-refractivity contribution is -0.384. The summed E-state index contributed by atoms with van der Waals surface area (Å²) in [6, 6.07) is 17.1. The zero-order chi connectivity index (χ0) is 22.4. The summed E-state index contributed by atoms with van der Waals surface area (Å²) < 4.78 is 11.3. The Bertz CT molecular complexity index is 1110. The van der Waals surface area contributed by atoms with E-state index >= 15 is 0 Å². The van der Waals surface area contributed by atoms with Gasteiger partial charge in [0.05, 0.1) is 11.1 Å². The molecule has 0 aliphatic carbocycles. The number of non-ortho nitro benzene ring substituents is 1. The highest BCUT2D eigenvalue weighted by molar-refractivity contribution is 5.81. The van der Waals surface area contributed by atoms with Gasteiger partial charge in [-0.15, -0.1) is 0 Å². The molecular formula is C23H23N3O5. The van der Waals surface area contributed by atoms with Crippen molar-refractivity contribution in [3.63, 3.8) is 0 Å². The van der Waals surface area contributed by atoms with Gasteiger partial charge in [-0.3, -0.25) is 14.9 Å². The van der Waals surface area contributed by atoms with Crippen LogP contribution in [0.15, 0.2) is 70.2 Å². The Morgan fingerprint density at radius 3 is 2.68 bits per heavy atom. The van der Waals surface area contributed by atoms with Crippen molar-refractivity contribution in [1.82, 2.24) is 5.43 Å². The van der Waals surface area contributed by atoms with E-state index in [1.54, 1.807) is 24.3 Å². The van der Waals surface area contributed by atoms with Crippen LogP contribution in [-0.2, 0) is 10.2 Å². The minimum atomic E-state index is -0.466. The smallest absolute Gasteiger partial charge is 0.277 e. The summed E-state index contributed by atoms with van der Waals surface area (Å²) in [5.74, 6) is 1.09. The standard InChI is InChI=1S/C23H23N3O5/c1-23(2,3)19-9-4-5-10-21(19)30-15-22(27)25-24-14-18-11-12-20(31-18)16-7-6-8-17(13-16)26(28)29/h4-14H,15H2,1-3H3,(H,25,27). The second-order valence-electron chi connectivity index (χ2n) is 7.84. The van der Waals surface area contributed by atoms with E-state index in [1.165, 1.54) is 18.3 Å². The van der Waals surface area contributed by atoms with Gasteiger partial charge in [-0.25, -0.2) is 5.43 Å². The SMILES string of the molecule is CC(C)(C)c1ccccc1OCC(=O)NN=Cc1ccc(-c2cccc([N+](=O)[O-])c2)o1. The van der Waals surface area contributed by atoms with Crippen LogP contribution in [-0.4, -0.2) is 23.7 Å². The number of nitrogens with one attached hydrogen (secondary N) is 1. The van der Waals surface area contributed by atoms with Crippen molar-refractivity contribution >= 4 is 17.8 Å². The Balaban J connectivity index is 1.57. The summed E-state index contributed by atoms with van der Waals surface area (Å²) >= 11 is 0. The van der Waals surface area contributed by atoms with Gasteiger partial charge in [0.2, 0.25) is 0 Å². The predicted octanol–water partition coefficient (Wildman–Crippen LogP) is 4.68. The second kappa shape index (κ2) is 9.25. The van der Waals surface area contributed by atoms with Gasteiger partial charge in [0, 0.05) is 17.7 Å². The molecule has 8 nitrogen and oxygen atoms in total. The van der Waals surface area contributed by atoms with E-state index in [-0.39, 0.29) is 17.7 Å². The molecular weight excluding hydrogens is 398 g/mol. The third kappa shape index (κ3) is 5.79. The summed E-state index contributed by atoms with van der Waals surface area (Å²) in [6.07, 6.45) is 1.35. The number of furan rings is 1. The van der Waals surface area contributed by atoms with Crippen molar-refractivity contribution in [3.05, 3.63) is 82.1 Å². The molecule has 0 spiro atoms. The molecule has 0 saturated carbocycles. The highest BCUT2D eigenvalue weighted by Crippen LogP contribution is 2.30. The molecule has 1 N–H and O–H groups in total. The van der Waals surface area contributed by atoms with E-state index in [0.29, 0.717) is 22.8 Å². The van der Waals surface area contributed by atoms with Gasteiger partial charge in [0.1, 0.15) is 17.3 Å². The van der Waals surface area contributed by atoms with E-state index in [9.17, 15) is 14.9 Å². The highest BCUT2D eigenvalue weighted by atomic mass is 16.6. The fourth-order valence-electron chi connectivity index (χ4n) is 2.91. The molecule has 0 aliphatic rings. The molecule has 0 unspecified atom stereocenters. The van der Waals surface area contributed by atoms with Gasteiger partial charge in [-0.1, -0.05) is 51.1 Å². The molecule has 1 amide bonds. The Hall–Kier alpha value is -3.94. The molecule has 0 saturated heterocycles. The zero-order valence-corrected chi connectivity index (χ0v) is 17.5. The van der Waals surface area contributed by atoms with Crippen molar-refractivity contribution in [2.75, 3.05) is 6.61 Å². The van der Waals surface area contributed by atoms with Gasteiger partial charge in [-0.2, -0.15) is 5.10 Å². The maximum absolute atomic E-state index is 12.1. The quantitative estimate of drug-likeness (QED) is 0.339. The third-order valence-electron chi connectivity index (χ3n) is 4.40. The molecule has 0 aliphatic heterocycles. The molecule has 3 aromatic rings. The number of para-hydroxylation sites is 1. The molecule has 8 heteroatoms. The maximum atomic E-state index is 12.1. The van der Waals surface area contributed by atoms with Crippen LogP contribution in [0.2, 0.25) is 0 Å². The van der Waals surface area contributed by atoms with Gasteiger partial charge >= 0.3 is 0 Å². The first-order valence-corrected chi connectivity index (χ1v) is 9.63. The van der Waals surface area contributed by atoms with Crippen LogP contribution in [0, 0.1) is 10.1 Å². The molecule has 0 atom stereocenters. The lowest BCUT2D eigenvalue weighted by Gasteiger charge is -2.22. The number of rotatable bonds is 7. The number of hydrogen-bond donors (Lipinski definition) is 1. The number of carbonyl (C=O) groups excluding carboxylic acids is 1. The number of ether oxygens (including phenoxy) is 1. The first-order valence-electron chi connectivity index (χ1n) is 9.63. The lowest BCUT2D eigenvalue weighted by Crippen LogP contribution is -2.25. The number of nitro groups is 1. The van der Waals surface area contributed by atoms with Crippen LogP contribution >= 0.6 is 0 Å². The minimum absolute atomic E-state index is 0.0237. The fraction of sp³-hybridized carbons (Fsp3) is 0.217. The van der Waals surface area contributed by atoms with Gasteiger partial charge in [-0.05, 0) is 29.2 Å². The van der Waals surface area contributed by atoms with E-state index in [2.05, 4.69) is 31.3 Å². The Kier molecular flexibility index (Phi) is 6.49. The van der Waals surface area contributed by atoms with Crippen molar-refractivity contribution < 1.29 is 18.9 Å². The normalized spacial score (nSPS) is 11.5. The average molecular weight is 421 g/mol. The van der Waals surface area contributed by atoms with Crippen LogP contribution < -0.4 is 10.2 Å². The third-order valence-corrected chi connectivity index (χ3v) is 4.40. The van der Waals surface area contributed by atoms with Crippen LogP contribution in [0.3, 0.4) is 0 Å². The second-order valence-corrected chi connectivity index (χ2v) is 7.84. The van der Waals surface area contributed by atoms with Crippen LogP contribution in [0.5, 0.6) is 5.75 Å². The van der Waals surface area contributed by atoms with Gasteiger partial charge in [0.15, 0.2) is 6.61 Å². The number of benzene rings is 2. The molecule has 3 rings (SSSR count). The highest BCUT2D eigenvalue weighted by Gasteiger charge is 2.18. The van der Waals surface area contributed by atoms with Crippen LogP contribution in [0.1, 0.15) is 32.1 Å².